The number of aliphatic hydroxyl groups is 1. The second-order valence-corrected chi connectivity index (χ2v) is 15.3. The van der Waals surface area contributed by atoms with Gasteiger partial charge in [0, 0.05) is 71.1 Å². The number of pyridine rings is 1. The van der Waals surface area contributed by atoms with E-state index in [0.29, 0.717) is 0 Å². The van der Waals surface area contributed by atoms with E-state index >= 15 is 0 Å². The third kappa shape index (κ3) is 6.92. The zero-order valence-corrected chi connectivity index (χ0v) is 33.1. The summed E-state index contributed by atoms with van der Waals surface area (Å²) in [5.74, 6) is 0.286. The number of ketones is 1. The Labute approximate surface area is 302 Å². The predicted molar refractivity (Wildman–Crippen MR) is 197 cm³/mol. The maximum absolute atomic E-state index is 12.2. The van der Waals surface area contributed by atoms with Crippen LogP contribution in [0.2, 0.25) is 0 Å². The summed E-state index contributed by atoms with van der Waals surface area (Å²) in [5, 5.41) is 16.6. The van der Waals surface area contributed by atoms with Gasteiger partial charge in [0.2, 0.25) is 0 Å². The van der Waals surface area contributed by atoms with Crippen LogP contribution in [0.1, 0.15) is 99.1 Å². The molecular formula is C41H48IrNO4S-. The summed E-state index contributed by atoms with van der Waals surface area (Å²) in [4.78, 5) is 17.0. The van der Waals surface area contributed by atoms with Crippen molar-refractivity contribution in [2.24, 2.45) is 10.8 Å². The van der Waals surface area contributed by atoms with Gasteiger partial charge in [-0.2, -0.15) is 11.3 Å². The van der Waals surface area contributed by atoms with Crippen molar-refractivity contribution in [1.82, 2.24) is 4.98 Å². The summed E-state index contributed by atoms with van der Waals surface area (Å²) in [5.41, 5.74) is 6.26. The molecule has 0 aliphatic carbocycles. The van der Waals surface area contributed by atoms with E-state index in [-0.39, 0.29) is 47.9 Å². The maximum Gasteiger partial charge on any atom is 0.164 e. The van der Waals surface area contributed by atoms with E-state index in [1.54, 1.807) is 17.6 Å². The molecule has 0 spiro atoms. The molecule has 0 amide bonds. The van der Waals surface area contributed by atoms with Crippen LogP contribution in [0.5, 0.6) is 0 Å². The van der Waals surface area contributed by atoms with Crippen molar-refractivity contribution in [3.63, 3.8) is 0 Å². The molecule has 0 aliphatic rings. The Bertz CT molecular complexity index is 2100. The number of hydrogen-bond donors (Lipinski definition) is 1. The molecule has 5 nitrogen and oxygen atoms in total. The molecule has 2 aromatic carbocycles. The number of hydrogen-bond acceptors (Lipinski definition) is 6. The van der Waals surface area contributed by atoms with Crippen molar-refractivity contribution in [3.8, 4) is 11.3 Å². The number of furan rings is 2. The first kappa shape index (κ1) is 37.6. The van der Waals surface area contributed by atoms with Crippen molar-refractivity contribution < 1.29 is 38.8 Å². The first-order valence-electron chi connectivity index (χ1n) is 16.8. The number of aliphatic hydroxyl groups excluding tert-OH is 1. The smallest absolute Gasteiger partial charge is 0.164 e. The molecule has 6 rings (SSSR count). The molecular weight excluding hydrogens is 795 g/mol. The number of benzene rings is 2. The molecule has 0 fully saturated rings. The van der Waals surface area contributed by atoms with E-state index in [1.165, 1.54) is 16.3 Å². The number of aryl methyl sites for hydroxylation is 1. The standard InChI is InChI=1S/C26H20NO2S.C15H28O2.Ir/c1-14-13-28-21-12-22-18(11-17(14)21)23-20(29-22)5-7-27-24(23)16-9-15-6-8-30-25(15)19(10-16)26(2,3)4;1-7-14(5,8-2)12(16)11-13(17)15(6,9-3)10-4;/h5-8,10-13H,1-4H3;11,16H,7-10H2,1-6H3;/q-1;;/b;12-11-;. The van der Waals surface area contributed by atoms with Crippen molar-refractivity contribution in [3.05, 3.63) is 77.2 Å². The van der Waals surface area contributed by atoms with E-state index in [2.05, 4.69) is 57.3 Å². The van der Waals surface area contributed by atoms with Gasteiger partial charge in [-0.15, -0.1) is 23.6 Å². The Morgan fingerprint density at radius 1 is 0.917 bits per heavy atom. The molecule has 0 atom stereocenters. The number of carbonyl (C=O) groups excluding carboxylic acids is 1. The van der Waals surface area contributed by atoms with E-state index in [1.807, 2.05) is 59.9 Å². The fourth-order valence-corrected chi connectivity index (χ4v) is 7.03. The number of nitrogens with zero attached hydrogens (tertiary/aromatic N) is 1. The summed E-state index contributed by atoms with van der Waals surface area (Å²) >= 11 is 1.78. The van der Waals surface area contributed by atoms with Crippen LogP contribution in [0.3, 0.4) is 0 Å². The number of fused-ring (bicyclic) bond motifs is 5. The monoisotopic (exact) mass is 843 g/mol. The zero-order valence-electron chi connectivity index (χ0n) is 29.9. The predicted octanol–water partition coefficient (Wildman–Crippen LogP) is 12.7. The van der Waals surface area contributed by atoms with Gasteiger partial charge < -0.3 is 13.9 Å². The quantitative estimate of drug-likeness (QED) is 0.0938. The van der Waals surface area contributed by atoms with Crippen molar-refractivity contribution in [2.45, 2.75) is 100 Å². The molecule has 1 N–H and O–H groups in total. The number of rotatable bonds is 8. The van der Waals surface area contributed by atoms with Crippen LogP contribution >= 0.6 is 11.3 Å². The molecule has 0 bridgehead atoms. The topological polar surface area (TPSA) is 76.5 Å². The van der Waals surface area contributed by atoms with Gasteiger partial charge in [0.05, 0.1) is 6.26 Å². The molecule has 0 saturated heterocycles. The van der Waals surface area contributed by atoms with Gasteiger partial charge in [-0.1, -0.05) is 73.4 Å². The first-order chi connectivity index (χ1) is 22.2. The summed E-state index contributed by atoms with van der Waals surface area (Å²) in [7, 11) is 0. The van der Waals surface area contributed by atoms with Crippen LogP contribution < -0.4 is 0 Å². The van der Waals surface area contributed by atoms with Crippen molar-refractivity contribution in [2.75, 3.05) is 0 Å². The molecule has 0 unspecified atom stereocenters. The van der Waals surface area contributed by atoms with Crippen molar-refractivity contribution >= 4 is 60.1 Å². The van der Waals surface area contributed by atoms with Gasteiger partial charge in [-0.3, -0.25) is 9.78 Å². The van der Waals surface area contributed by atoms with Crippen LogP contribution in [0.25, 0.3) is 54.3 Å². The Kier molecular flexibility index (Phi) is 11.2. The van der Waals surface area contributed by atoms with Crippen LogP contribution in [0, 0.1) is 23.8 Å². The minimum atomic E-state index is -0.337. The number of allylic oxidation sites excluding steroid dienone is 2. The van der Waals surface area contributed by atoms with Gasteiger partial charge in [0.15, 0.2) is 5.78 Å². The average molecular weight is 843 g/mol. The normalized spacial score (nSPS) is 12.8. The Balaban J connectivity index is 0.000000251. The van der Waals surface area contributed by atoms with E-state index in [4.69, 9.17) is 13.8 Å². The third-order valence-electron chi connectivity index (χ3n) is 10.4. The minimum absolute atomic E-state index is 0. The summed E-state index contributed by atoms with van der Waals surface area (Å²) in [6, 6.07) is 14.1. The Morgan fingerprint density at radius 2 is 1.58 bits per heavy atom. The van der Waals surface area contributed by atoms with Crippen LogP contribution in [0.4, 0.5) is 0 Å². The minimum Gasteiger partial charge on any atom is -0.512 e. The zero-order chi connectivity index (χ0) is 34.3. The largest absolute Gasteiger partial charge is 0.512 e. The molecule has 0 saturated carbocycles. The second kappa shape index (κ2) is 14.3. The van der Waals surface area contributed by atoms with Crippen LogP contribution in [-0.2, 0) is 30.3 Å². The summed E-state index contributed by atoms with van der Waals surface area (Å²) in [6.45, 7) is 20.9. The molecule has 4 aromatic heterocycles. The first-order valence-corrected chi connectivity index (χ1v) is 17.7. The summed E-state index contributed by atoms with van der Waals surface area (Å²) < 4.78 is 13.2. The number of carbonyl (C=O) groups is 1. The van der Waals surface area contributed by atoms with Gasteiger partial charge in [0.25, 0.3) is 0 Å². The van der Waals surface area contributed by atoms with Gasteiger partial charge in [0.1, 0.15) is 22.5 Å². The van der Waals surface area contributed by atoms with Gasteiger partial charge in [-0.05, 0) is 65.8 Å². The summed E-state index contributed by atoms with van der Waals surface area (Å²) in [6.07, 6.45) is 8.36. The Morgan fingerprint density at radius 3 is 2.21 bits per heavy atom. The number of thiophene rings is 1. The van der Waals surface area contributed by atoms with Gasteiger partial charge >= 0.3 is 0 Å². The molecule has 1 radical (unpaired) electrons. The average Bonchev–Trinajstić information content (AvgIpc) is 3.78. The SMILES string of the molecule is CCC(C)(CC)C(=O)/C=C(\O)C(C)(CC)CC.Cc1coc2cc3oc4ccnc(-c5[c-]c6ccsc6c(C(C)(C)C)c5)c4c3cc12.[Ir]. The molecule has 257 valence electrons. The third-order valence-corrected chi connectivity index (χ3v) is 11.4. The second-order valence-electron chi connectivity index (χ2n) is 14.3. The maximum atomic E-state index is 12.2. The molecule has 4 heterocycles. The number of aromatic nitrogens is 1. The molecule has 6 aromatic rings. The molecule has 0 aliphatic heterocycles. The van der Waals surface area contributed by atoms with E-state index in [9.17, 15) is 9.90 Å². The van der Waals surface area contributed by atoms with E-state index in [0.717, 1.165) is 80.8 Å². The van der Waals surface area contributed by atoms with Crippen molar-refractivity contribution in [1.29, 1.82) is 0 Å². The molecule has 7 heteroatoms. The van der Waals surface area contributed by atoms with Crippen LogP contribution in [-0.4, -0.2) is 15.9 Å². The fourth-order valence-electron chi connectivity index (χ4n) is 5.95. The van der Waals surface area contributed by atoms with Gasteiger partial charge in [-0.25, -0.2) is 0 Å². The Hall–Kier alpha value is -3.25. The fraction of sp³-hybridized carbons (Fsp3) is 0.415. The van der Waals surface area contributed by atoms with Crippen LogP contribution in [0.15, 0.2) is 68.8 Å². The molecule has 48 heavy (non-hydrogen) atoms. The van der Waals surface area contributed by atoms with E-state index < -0.39 is 0 Å².